The summed E-state index contributed by atoms with van der Waals surface area (Å²) in [5, 5.41) is 5.84. The molecule has 0 atom stereocenters. The molecule has 0 saturated heterocycles. The fourth-order valence-corrected chi connectivity index (χ4v) is 2.07. The molecular weight excluding hydrogens is 292 g/mol. The highest BCUT2D eigenvalue weighted by Gasteiger charge is 2.14. The molecule has 0 saturated carbocycles. The van der Waals surface area contributed by atoms with Crippen LogP contribution in [0.2, 0.25) is 0 Å². The van der Waals surface area contributed by atoms with Crippen molar-refractivity contribution in [2.45, 2.75) is 6.92 Å². The van der Waals surface area contributed by atoms with Crippen molar-refractivity contribution in [3.63, 3.8) is 0 Å². The molecule has 2 aromatic carbocycles. The molecule has 0 heterocycles. The van der Waals surface area contributed by atoms with E-state index in [9.17, 15) is 4.79 Å². The Morgan fingerprint density at radius 3 is 2.30 bits per heavy atom. The summed E-state index contributed by atoms with van der Waals surface area (Å²) in [5.74, 6) is 1.58. The predicted octanol–water partition coefficient (Wildman–Crippen LogP) is 2.83. The minimum absolute atomic E-state index is 0.162. The molecule has 0 aliphatic heterocycles. The molecule has 23 heavy (non-hydrogen) atoms. The van der Waals surface area contributed by atoms with Crippen LogP contribution in [-0.4, -0.2) is 32.7 Å². The smallest absolute Gasteiger partial charge is 0.255 e. The molecule has 2 N–H and O–H groups in total. The molecule has 0 spiro atoms. The van der Waals surface area contributed by atoms with Crippen LogP contribution in [0.4, 0.5) is 0 Å². The van der Waals surface area contributed by atoms with Crippen LogP contribution < -0.4 is 20.1 Å². The summed E-state index contributed by atoms with van der Waals surface area (Å²) in [5.41, 5.74) is 0.495. The first-order valence-electron chi connectivity index (χ1n) is 7.67. The first-order valence-corrected chi connectivity index (χ1v) is 7.67. The highest BCUT2D eigenvalue weighted by atomic mass is 16.5. The second-order valence-corrected chi connectivity index (χ2v) is 4.84. The van der Waals surface area contributed by atoms with Gasteiger partial charge in [0.1, 0.15) is 5.75 Å². The van der Waals surface area contributed by atoms with Gasteiger partial charge in [-0.15, -0.1) is 0 Å². The summed E-state index contributed by atoms with van der Waals surface area (Å²) in [6.07, 6.45) is 0. The maximum absolute atomic E-state index is 12.3. The lowest BCUT2D eigenvalue weighted by Gasteiger charge is -2.14. The number of likely N-dealkylation sites (N-methyl/N-ethyl adjacent to an activating group) is 1. The summed E-state index contributed by atoms with van der Waals surface area (Å²) in [6, 6.07) is 14.6. The number of amides is 1. The van der Waals surface area contributed by atoms with Crippen molar-refractivity contribution >= 4 is 5.91 Å². The van der Waals surface area contributed by atoms with E-state index in [1.165, 1.54) is 0 Å². The van der Waals surface area contributed by atoms with E-state index in [-0.39, 0.29) is 5.91 Å². The fourth-order valence-electron chi connectivity index (χ4n) is 2.07. The second kappa shape index (κ2) is 8.80. The third-order valence-electron chi connectivity index (χ3n) is 3.16. The van der Waals surface area contributed by atoms with Gasteiger partial charge in [-0.3, -0.25) is 4.79 Å². The van der Waals surface area contributed by atoms with Crippen LogP contribution >= 0.6 is 0 Å². The molecule has 2 rings (SSSR count). The second-order valence-electron chi connectivity index (χ2n) is 4.84. The van der Waals surface area contributed by atoms with Gasteiger partial charge in [-0.1, -0.05) is 24.3 Å². The Morgan fingerprint density at radius 2 is 1.61 bits per heavy atom. The highest BCUT2D eigenvalue weighted by Crippen LogP contribution is 2.32. The van der Waals surface area contributed by atoms with Crippen molar-refractivity contribution in [2.75, 3.05) is 26.7 Å². The summed E-state index contributed by atoms with van der Waals surface area (Å²) in [6.45, 7) is 3.73. The molecule has 0 aliphatic rings. The summed E-state index contributed by atoms with van der Waals surface area (Å²) in [4.78, 5) is 12.3. The molecule has 5 nitrogen and oxygen atoms in total. The van der Waals surface area contributed by atoms with Crippen molar-refractivity contribution < 1.29 is 14.3 Å². The van der Waals surface area contributed by atoms with Crippen molar-refractivity contribution in [3.05, 3.63) is 54.1 Å². The number of rotatable bonds is 8. The Labute approximate surface area is 136 Å². The lowest BCUT2D eigenvalue weighted by atomic mass is 10.2. The Balaban J connectivity index is 2.19. The van der Waals surface area contributed by atoms with E-state index in [2.05, 4.69) is 10.6 Å². The molecule has 0 aromatic heterocycles. The summed E-state index contributed by atoms with van der Waals surface area (Å²) in [7, 11) is 1.84. The molecule has 0 aliphatic carbocycles. The van der Waals surface area contributed by atoms with Crippen LogP contribution in [0.5, 0.6) is 17.2 Å². The van der Waals surface area contributed by atoms with Gasteiger partial charge in [-0.25, -0.2) is 0 Å². The topological polar surface area (TPSA) is 59.6 Å². The predicted molar refractivity (Wildman–Crippen MR) is 90.4 cm³/mol. The normalized spacial score (nSPS) is 10.2. The van der Waals surface area contributed by atoms with E-state index in [4.69, 9.17) is 9.47 Å². The van der Waals surface area contributed by atoms with Gasteiger partial charge in [0.05, 0.1) is 12.2 Å². The minimum Gasteiger partial charge on any atom is -0.490 e. The van der Waals surface area contributed by atoms with Crippen molar-refractivity contribution in [3.8, 4) is 17.2 Å². The Hall–Kier alpha value is -2.53. The standard InChI is InChI=1S/C18H22N2O3/c1-3-22-16-10-6-7-11-17(16)23-15-9-5-4-8-14(15)18(21)20-13-12-19-2/h4-11,19H,3,12-13H2,1-2H3,(H,20,21). The van der Waals surface area contributed by atoms with Crippen LogP contribution in [0.15, 0.2) is 48.5 Å². The van der Waals surface area contributed by atoms with Crippen molar-refractivity contribution in [1.82, 2.24) is 10.6 Å². The van der Waals surface area contributed by atoms with E-state index in [1.807, 2.05) is 50.4 Å². The molecule has 0 bridgehead atoms. The van der Waals surface area contributed by atoms with E-state index in [1.54, 1.807) is 12.1 Å². The number of carbonyl (C=O) groups is 1. The number of para-hydroxylation sites is 3. The number of ether oxygens (including phenoxy) is 2. The average Bonchev–Trinajstić information content (AvgIpc) is 2.57. The number of hydrogen-bond donors (Lipinski definition) is 2. The van der Waals surface area contributed by atoms with Gasteiger partial charge in [0, 0.05) is 13.1 Å². The van der Waals surface area contributed by atoms with Gasteiger partial charge >= 0.3 is 0 Å². The third kappa shape index (κ3) is 4.72. The lowest BCUT2D eigenvalue weighted by molar-refractivity contribution is 0.0951. The van der Waals surface area contributed by atoms with E-state index >= 15 is 0 Å². The number of nitrogens with one attached hydrogen (secondary N) is 2. The minimum atomic E-state index is -0.162. The van der Waals surface area contributed by atoms with E-state index in [0.717, 1.165) is 0 Å². The van der Waals surface area contributed by atoms with Crippen LogP contribution in [0.25, 0.3) is 0 Å². The van der Waals surface area contributed by atoms with Crippen LogP contribution in [-0.2, 0) is 0 Å². The fraction of sp³-hybridized carbons (Fsp3) is 0.278. The Morgan fingerprint density at radius 1 is 0.957 bits per heavy atom. The monoisotopic (exact) mass is 314 g/mol. The Bertz CT molecular complexity index is 644. The molecule has 2 aromatic rings. The lowest BCUT2D eigenvalue weighted by Crippen LogP contribution is -2.30. The zero-order chi connectivity index (χ0) is 16.5. The number of hydrogen-bond acceptors (Lipinski definition) is 4. The van der Waals surface area contributed by atoms with Gasteiger partial charge in [0.15, 0.2) is 11.5 Å². The van der Waals surface area contributed by atoms with Gasteiger partial charge in [-0.2, -0.15) is 0 Å². The van der Waals surface area contributed by atoms with Crippen LogP contribution in [0, 0.1) is 0 Å². The molecule has 0 fully saturated rings. The van der Waals surface area contributed by atoms with Gasteiger partial charge in [0.2, 0.25) is 0 Å². The van der Waals surface area contributed by atoms with Gasteiger partial charge < -0.3 is 20.1 Å². The SMILES string of the molecule is CCOc1ccccc1Oc1ccccc1C(=O)NCCNC. The Kier molecular flexibility index (Phi) is 6.44. The largest absolute Gasteiger partial charge is 0.490 e. The first kappa shape index (κ1) is 16.8. The molecule has 0 unspecified atom stereocenters. The molecule has 5 heteroatoms. The molecular formula is C18H22N2O3. The van der Waals surface area contributed by atoms with Gasteiger partial charge in [-0.05, 0) is 38.2 Å². The maximum Gasteiger partial charge on any atom is 0.255 e. The van der Waals surface area contributed by atoms with Gasteiger partial charge in [0.25, 0.3) is 5.91 Å². The van der Waals surface area contributed by atoms with Crippen molar-refractivity contribution in [2.24, 2.45) is 0 Å². The number of benzene rings is 2. The molecule has 0 radical (unpaired) electrons. The molecule has 1 amide bonds. The third-order valence-corrected chi connectivity index (χ3v) is 3.16. The summed E-state index contributed by atoms with van der Waals surface area (Å²) >= 11 is 0. The van der Waals surface area contributed by atoms with Crippen molar-refractivity contribution in [1.29, 1.82) is 0 Å². The first-order chi connectivity index (χ1) is 11.3. The zero-order valence-electron chi connectivity index (χ0n) is 13.5. The average molecular weight is 314 g/mol. The number of carbonyl (C=O) groups excluding carboxylic acids is 1. The quantitative estimate of drug-likeness (QED) is 0.736. The zero-order valence-corrected chi connectivity index (χ0v) is 13.5. The molecule has 122 valence electrons. The van der Waals surface area contributed by atoms with Crippen LogP contribution in [0.3, 0.4) is 0 Å². The maximum atomic E-state index is 12.3. The van der Waals surface area contributed by atoms with E-state index in [0.29, 0.717) is 42.5 Å². The summed E-state index contributed by atoms with van der Waals surface area (Å²) < 4.78 is 11.5. The highest BCUT2D eigenvalue weighted by molar-refractivity contribution is 5.97. The van der Waals surface area contributed by atoms with Crippen LogP contribution in [0.1, 0.15) is 17.3 Å². The van der Waals surface area contributed by atoms with E-state index < -0.39 is 0 Å².